The number of aromatic nitrogens is 2. The van der Waals surface area contributed by atoms with E-state index < -0.39 is 0 Å². The number of hydrogen-bond acceptors (Lipinski definition) is 4. The van der Waals surface area contributed by atoms with Crippen molar-refractivity contribution in [3.8, 4) is 6.07 Å². The van der Waals surface area contributed by atoms with Gasteiger partial charge < -0.3 is 5.32 Å². The second-order valence-electron chi connectivity index (χ2n) is 5.58. The molecule has 1 fully saturated rings. The molecule has 1 aliphatic carbocycles. The van der Waals surface area contributed by atoms with Crippen LogP contribution >= 0.6 is 0 Å². The van der Waals surface area contributed by atoms with E-state index in [1.165, 1.54) is 6.42 Å². The van der Waals surface area contributed by atoms with Crippen LogP contribution in [0, 0.1) is 23.7 Å². The molecule has 17 heavy (non-hydrogen) atoms. The molecule has 2 rings (SSSR count). The minimum atomic E-state index is 0.402. The summed E-state index contributed by atoms with van der Waals surface area (Å²) in [5.74, 6) is 0.587. The van der Waals surface area contributed by atoms with Gasteiger partial charge in [-0.1, -0.05) is 13.8 Å². The summed E-state index contributed by atoms with van der Waals surface area (Å²) in [6.07, 6.45) is 3.50. The van der Waals surface area contributed by atoms with Gasteiger partial charge in [0.1, 0.15) is 11.8 Å². The predicted molar refractivity (Wildman–Crippen MR) is 66.5 cm³/mol. The zero-order valence-corrected chi connectivity index (χ0v) is 10.6. The van der Waals surface area contributed by atoms with Crippen molar-refractivity contribution in [3.05, 3.63) is 17.5 Å². The highest BCUT2D eigenvalue weighted by Crippen LogP contribution is 2.37. The van der Waals surface area contributed by atoms with Gasteiger partial charge >= 0.3 is 0 Å². The van der Waals surface area contributed by atoms with Crippen LogP contribution in [0.4, 0.5) is 5.95 Å². The molecule has 0 spiro atoms. The van der Waals surface area contributed by atoms with Crippen LogP contribution in [0.5, 0.6) is 0 Å². The Kier molecular flexibility index (Phi) is 3.01. The SMILES string of the molecule is Cc1cc(C#N)nc(NC2CCC(C)(C)C2)n1. The van der Waals surface area contributed by atoms with E-state index in [1.807, 2.05) is 6.92 Å². The van der Waals surface area contributed by atoms with Gasteiger partial charge in [-0.3, -0.25) is 0 Å². The van der Waals surface area contributed by atoms with Gasteiger partial charge in [-0.15, -0.1) is 0 Å². The maximum atomic E-state index is 8.86. The number of aryl methyl sites for hydroxylation is 1. The zero-order valence-electron chi connectivity index (χ0n) is 10.6. The fourth-order valence-electron chi connectivity index (χ4n) is 2.43. The first-order valence-electron chi connectivity index (χ1n) is 6.01. The van der Waals surface area contributed by atoms with Gasteiger partial charge in [0.2, 0.25) is 5.95 Å². The maximum absolute atomic E-state index is 8.86. The lowest BCUT2D eigenvalue weighted by molar-refractivity contribution is 0.378. The molecule has 1 aromatic heterocycles. The normalized spacial score (nSPS) is 22.1. The molecular formula is C13H18N4. The number of nitrogens with one attached hydrogen (secondary N) is 1. The minimum Gasteiger partial charge on any atom is -0.351 e. The molecule has 1 atom stereocenters. The van der Waals surface area contributed by atoms with Crippen molar-refractivity contribution in [1.82, 2.24) is 9.97 Å². The summed E-state index contributed by atoms with van der Waals surface area (Å²) < 4.78 is 0. The largest absolute Gasteiger partial charge is 0.351 e. The molecule has 1 aliphatic rings. The summed E-state index contributed by atoms with van der Waals surface area (Å²) >= 11 is 0. The van der Waals surface area contributed by atoms with Crippen molar-refractivity contribution in [2.75, 3.05) is 5.32 Å². The standard InChI is InChI=1S/C13H18N4/c1-9-6-11(8-14)17-12(15-9)16-10-4-5-13(2,3)7-10/h6,10H,4-5,7H2,1-3H3,(H,15,16,17). The van der Waals surface area contributed by atoms with Gasteiger partial charge in [0.15, 0.2) is 0 Å². The molecule has 0 saturated heterocycles. The highest BCUT2D eigenvalue weighted by atomic mass is 15.1. The third-order valence-electron chi connectivity index (χ3n) is 3.27. The van der Waals surface area contributed by atoms with Gasteiger partial charge in [0.25, 0.3) is 0 Å². The average molecular weight is 230 g/mol. The molecule has 90 valence electrons. The van der Waals surface area contributed by atoms with Gasteiger partial charge in [-0.2, -0.15) is 5.26 Å². The first-order chi connectivity index (χ1) is 7.98. The number of nitrogens with zero attached hydrogens (tertiary/aromatic N) is 3. The number of nitriles is 1. The van der Waals surface area contributed by atoms with Crippen LogP contribution in [-0.4, -0.2) is 16.0 Å². The molecule has 1 saturated carbocycles. The lowest BCUT2D eigenvalue weighted by Gasteiger charge is -2.17. The average Bonchev–Trinajstić information content (AvgIpc) is 2.57. The third kappa shape index (κ3) is 2.94. The van der Waals surface area contributed by atoms with Crippen molar-refractivity contribution in [2.45, 2.75) is 46.1 Å². The van der Waals surface area contributed by atoms with Crippen LogP contribution in [0.1, 0.15) is 44.5 Å². The maximum Gasteiger partial charge on any atom is 0.224 e. The molecule has 4 heteroatoms. The Morgan fingerprint density at radius 2 is 2.24 bits per heavy atom. The summed E-state index contributed by atoms with van der Waals surface area (Å²) in [4.78, 5) is 8.50. The van der Waals surface area contributed by atoms with E-state index in [1.54, 1.807) is 6.07 Å². The summed E-state index contributed by atoms with van der Waals surface area (Å²) in [5.41, 5.74) is 1.66. The van der Waals surface area contributed by atoms with E-state index in [0.29, 0.717) is 23.1 Å². The van der Waals surface area contributed by atoms with E-state index in [2.05, 4.69) is 35.2 Å². The van der Waals surface area contributed by atoms with Gasteiger partial charge in [0.05, 0.1) is 0 Å². The quantitative estimate of drug-likeness (QED) is 0.848. The van der Waals surface area contributed by atoms with Gasteiger partial charge in [-0.05, 0) is 37.7 Å². The van der Waals surface area contributed by atoms with Crippen molar-refractivity contribution < 1.29 is 0 Å². The Morgan fingerprint density at radius 3 is 2.82 bits per heavy atom. The van der Waals surface area contributed by atoms with E-state index >= 15 is 0 Å². The van der Waals surface area contributed by atoms with Crippen LogP contribution < -0.4 is 5.32 Å². The van der Waals surface area contributed by atoms with Crippen molar-refractivity contribution in [1.29, 1.82) is 5.26 Å². The Labute approximate surface area is 102 Å². The summed E-state index contributed by atoms with van der Waals surface area (Å²) in [7, 11) is 0. The fraction of sp³-hybridized carbons (Fsp3) is 0.615. The highest BCUT2D eigenvalue weighted by molar-refractivity contribution is 5.34. The first kappa shape index (κ1) is 11.8. The Balaban J connectivity index is 2.10. The highest BCUT2D eigenvalue weighted by Gasteiger charge is 2.31. The predicted octanol–water partition coefficient (Wildman–Crippen LogP) is 2.65. The number of anilines is 1. The summed E-state index contributed by atoms with van der Waals surface area (Å²) in [5, 5.41) is 12.2. The molecule has 1 aromatic rings. The summed E-state index contributed by atoms with van der Waals surface area (Å²) in [6, 6.07) is 4.19. The molecule has 4 nitrogen and oxygen atoms in total. The van der Waals surface area contributed by atoms with Crippen LogP contribution in [0.3, 0.4) is 0 Å². The van der Waals surface area contributed by atoms with E-state index in [0.717, 1.165) is 18.5 Å². The monoisotopic (exact) mass is 230 g/mol. The first-order valence-corrected chi connectivity index (χ1v) is 6.01. The number of hydrogen-bond donors (Lipinski definition) is 1. The van der Waals surface area contributed by atoms with Crippen LogP contribution in [0.25, 0.3) is 0 Å². The molecule has 1 N–H and O–H groups in total. The topological polar surface area (TPSA) is 61.6 Å². The molecular weight excluding hydrogens is 212 g/mol. The van der Waals surface area contributed by atoms with Crippen molar-refractivity contribution in [2.24, 2.45) is 5.41 Å². The molecule has 1 heterocycles. The Hall–Kier alpha value is -1.63. The van der Waals surface area contributed by atoms with Crippen molar-refractivity contribution in [3.63, 3.8) is 0 Å². The third-order valence-corrected chi connectivity index (χ3v) is 3.27. The van der Waals surface area contributed by atoms with E-state index in [4.69, 9.17) is 5.26 Å². The minimum absolute atomic E-state index is 0.402. The zero-order chi connectivity index (χ0) is 12.5. The van der Waals surface area contributed by atoms with Crippen LogP contribution in [-0.2, 0) is 0 Å². The molecule has 1 unspecified atom stereocenters. The lowest BCUT2D eigenvalue weighted by atomic mass is 9.92. The van der Waals surface area contributed by atoms with Crippen LogP contribution in [0.2, 0.25) is 0 Å². The Bertz CT molecular complexity index is 459. The molecule has 0 radical (unpaired) electrons. The second kappa shape index (κ2) is 4.33. The Morgan fingerprint density at radius 1 is 1.47 bits per heavy atom. The van der Waals surface area contributed by atoms with E-state index in [9.17, 15) is 0 Å². The molecule has 0 aromatic carbocycles. The molecule has 0 amide bonds. The fourth-order valence-corrected chi connectivity index (χ4v) is 2.43. The van der Waals surface area contributed by atoms with Crippen LogP contribution in [0.15, 0.2) is 6.07 Å². The second-order valence-corrected chi connectivity index (χ2v) is 5.58. The van der Waals surface area contributed by atoms with E-state index in [-0.39, 0.29) is 0 Å². The number of rotatable bonds is 2. The molecule has 0 aliphatic heterocycles. The lowest BCUT2D eigenvalue weighted by Crippen LogP contribution is -2.19. The van der Waals surface area contributed by atoms with Crippen molar-refractivity contribution >= 4 is 5.95 Å². The van der Waals surface area contributed by atoms with Gasteiger partial charge in [-0.25, -0.2) is 9.97 Å². The summed E-state index contributed by atoms with van der Waals surface area (Å²) in [6.45, 7) is 6.45. The molecule has 0 bridgehead atoms. The van der Waals surface area contributed by atoms with Gasteiger partial charge in [0, 0.05) is 11.7 Å². The smallest absolute Gasteiger partial charge is 0.224 e.